The lowest BCUT2D eigenvalue weighted by molar-refractivity contribution is 0.102. The molecule has 106 valence electrons. The van der Waals surface area contributed by atoms with E-state index in [1.807, 2.05) is 50.2 Å². The maximum atomic E-state index is 12.3. The van der Waals surface area contributed by atoms with E-state index in [0.717, 1.165) is 26.6 Å². The molecule has 0 unspecified atom stereocenters. The van der Waals surface area contributed by atoms with Gasteiger partial charge in [-0.1, -0.05) is 28.1 Å². The Morgan fingerprint density at radius 3 is 2.57 bits per heavy atom. The fourth-order valence-corrected chi connectivity index (χ4v) is 2.75. The number of fused-ring (bicyclic) bond motifs is 1. The monoisotopic (exact) mass is 343 g/mol. The average molecular weight is 344 g/mol. The standard InChI is InChI=1S/C16H14BrN3O/c1-9-15(10(2)20-19-9)16(21)18-14-6-4-11-7-13(17)5-3-12(11)8-14/h3-8H,1-2H3,(H,18,21)(H,19,20). The summed E-state index contributed by atoms with van der Waals surface area (Å²) in [5.74, 6) is -0.143. The number of carbonyl (C=O) groups excluding carboxylic acids is 1. The fourth-order valence-electron chi connectivity index (χ4n) is 2.37. The number of hydrogen-bond acceptors (Lipinski definition) is 2. The lowest BCUT2D eigenvalue weighted by Gasteiger charge is -2.07. The van der Waals surface area contributed by atoms with Crippen molar-refractivity contribution >= 4 is 38.3 Å². The Morgan fingerprint density at radius 2 is 1.86 bits per heavy atom. The maximum absolute atomic E-state index is 12.3. The highest BCUT2D eigenvalue weighted by atomic mass is 79.9. The third-order valence-corrected chi connectivity index (χ3v) is 3.91. The molecule has 5 heteroatoms. The van der Waals surface area contributed by atoms with E-state index in [1.54, 1.807) is 0 Å². The van der Waals surface area contributed by atoms with Gasteiger partial charge < -0.3 is 5.32 Å². The third kappa shape index (κ3) is 2.69. The molecule has 21 heavy (non-hydrogen) atoms. The van der Waals surface area contributed by atoms with Crippen LogP contribution in [0.2, 0.25) is 0 Å². The van der Waals surface area contributed by atoms with Crippen LogP contribution >= 0.6 is 15.9 Å². The van der Waals surface area contributed by atoms with E-state index in [-0.39, 0.29) is 5.91 Å². The number of halogens is 1. The quantitative estimate of drug-likeness (QED) is 0.732. The molecule has 0 fully saturated rings. The summed E-state index contributed by atoms with van der Waals surface area (Å²) in [6.07, 6.45) is 0. The molecule has 4 nitrogen and oxygen atoms in total. The van der Waals surface area contributed by atoms with E-state index < -0.39 is 0 Å². The molecule has 0 aliphatic rings. The zero-order valence-electron chi connectivity index (χ0n) is 11.7. The van der Waals surface area contributed by atoms with Gasteiger partial charge in [-0.05, 0) is 48.9 Å². The molecule has 0 saturated heterocycles. The molecule has 0 bridgehead atoms. The lowest BCUT2D eigenvalue weighted by Crippen LogP contribution is -2.13. The average Bonchev–Trinajstić information content (AvgIpc) is 2.78. The first-order chi connectivity index (χ1) is 10.0. The smallest absolute Gasteiger partial charge is 0.259 e. The van der Waals surface area contributed by atoms with Crippen LogP contribution < -0.4 is 5.32 Å². The minimum atomic E-state index is -0.143. The molecule has 3 aromatic rings. The molecule has 2 aromatic carbocycles. The van der Waals surface area contributed by atoms with Crippen LogP contribution in [0.3, 0.4) is 0 Å². The van der Waals surface area contributed by atoms with Crippen molar-refractivity contribution < 1.29 is 4.79 Å². The highest BCUT2D eigenvalue weighted by Gasteiger charge is 2.15. The van der Waals surface area contributed by atoms with Crippen LogP contribution in [0, 0.1) is 13.8 Å². The lowest BCUT2D eigenvalue weighted by atomic mass is 10.1. The highest BCUT2D eigenvalue weighted by molar-refractivity contribution is 9.10. The van der Waals surface area contributed by atoms with Crippen molar-refractivity contribution in [1.82, 2.24) is 10.2 Å². The second kappa shape index (κ2) is 5.33. The van der Waals surface area contributed by atoms with Crippen LogP contribution in [-0.4, -0.2) is 16.1 Å². The fraction of sp³-hybridized carbons (Fsp3) is 0.125. The molecule has 0 saturated carbocycles. The minimum Gasteiger partial charge on any atom is -0.322 e. The Kier molecular flexibility index (Phi) is 3.51. The maximum Gasteiger partial charge on any atom is 0.259 e. The number of aromatic amines is 1. The van der Waals surface area contributed by atoms with Gasteiger partial charge in [0.2, 0.25) is 0 Å². The normalized spacial score (nSPS) is 10.8. The van der Waals surface area contributed by atoms with Gasteiger partial charge in [-0.3, -0.25) is 9.89 Å². The first kappa shape index (κ1) is 13.8. The summed E-state index contributed by atoms with van der Waals surface area (Å²) in [5.41, 5.74) is 2.85. The van der Waals surface area contributed by atoms with Crippen LogP contribution in [0.1, 0.15) is 21.7 Å². The van der Waals surface area contributed by atoms with Gasteiger partial charge in [0.1, 0.15) is 0 Å². The molecule has 3 rings (SSSR count). The van der Waals surface area contributed by atoms with Crippen molar-refractivity contribution in [2.75, 3.05) is 5.32 Å². The van der Waals surface area contributed by atoms with E-state index >= 15 is 0 Å². The van der Waals surface area contributed by atoms with E-state index in [0.29, 0.717) is 11.3 Å². The number of aryl methyl sites for hydroxylation is 2. The van der Waals surface area contributed by atoms with Gasteiger partial charge in [0.15, 0.2) is 0 Å². The Bertz CT molecular complexity index is 819. The topological polar surface area (TPSA) is 57.8 Å². The summed E-state index contributed by atoms with van der Waals surface area (Å²) in [4.78, 5) is 12.3. The van der Waals surface area contributed by atoms with Crippen LogP contribution in [0.15, 0.2) is 40.9 Å². The predicted molar refractivity (Wildman–Crippen MR) is 87.7 cm³/mol. The van der Waals surface area contributed by atoms with Gasteiger partial charge in [-0.25, -0.2) is 0 Å². The molecule has 0 radical (unpaired) electrons. The summed E-state index contributed by atoms with van der Waals surface area (Å²) in [6, 6.07) is 11.9. The number of nitrogens with zero attached hydrogens (tertiary/aromatic N) is 1. The molecule has 0 aliphatic heterocycles. The van der Waals surface area contributed by atoms with Gasteiger partial charge in [0, 0.05) is 15.9 Å². The van der Waals surface area contributed by atoms with Gasteiger partial charge in [0.05, 0.1) is 11.3 Å². The molecule has 1 heterocycles. The van der Waals surface area contributed by atoms with E-state index in [9.17, 15) is 4.79 Å². The molecule has 0 aliphatic carbocycles. The van der Waals surface area contributed by atoms with Gasteiger partial charge >= 0.3 is 0 Å². The predicted octanol–water partition coefficient (Wildman–Crippen LogP) is 4.19. The second-order valence-corrected chi connectivity index (χ2v) is 5.89. The van der Waals surface area contributed by atoms with Crippen molar-refractivity contribution in [3.05, 3.63) is 57.8 Å². The third-order valence-electron chi connectivity index (χ3n) is 3.42. The van der Waals surface area contributed by atoms with Crippen molar-refractivity contribution in [3.8, 4) is 0 Å². The van der Waals surface area contributed by atoms with Gasteiger partial charge in [0.25, 0.3) is 5.91 Å². The number of aromatic nitrogens is 2. The summed E-state index contributed by atoms with van der Waals surface area (Å²) >= 11 is 3.45. The molecular formula is C16H14BrN3O. The molecule has 0 atom stereocenters. The first-order valence-electron chi connectivity index (χ1n) is 6.57. The van der Waals surface area contributed by atoms with Crippen LogP contribution in [0.25, 0.3) is 10.8 Å². The SMILES string of the molecule is Cc1n[nH]c(C)c1C(=O)Nc1ccc2cc(Br)ccc2c1. The molecule has 2 N–H and O–H groups in total. The number of benzene rings is 2. The minimum absolute atomic E-state index is 0.143. The van der Waals surface area contributed by atoms with Crippen LogP contribution in [0.4, 0.5) is 5.69 Å². The number of anilines is 1. The van der Waals surface area contributed by atoms with E-state index in [4.69, 9.17) is 0 Å². The largest absolute Gasteiger partial charge is 0.322 e. The Balaban J connectivity index is 1.91. The summed E-state index contributed by atoms with van der Waals surface area (Å²) in [5, 5.41) is 12.0. The number of hydrogen-bond donors (Lipinski definition) is 2. The Morgan fingerprint density at radius 1 is 1.14 bits per heavy atom. The zero-order valence-corrected chi connectivity index (χ0v) is 13.3. The summed E-state index contributed by atoms with van der Waals surface area (Å²) in [7, 11) is 0. The van der Waals surface area contributed by atoms with E-state index in [2.05, 4.69) is 31.4 Å². The molecule has 1 aromatic heterocycles. The number of H-pyrrole nitrogens is 1. The van der Waals surface area contributed by atoms with E-state index in [1.165, 1.54) is 0 Å². The Hall–Kier alpha value is -2.14. The highest BCUT2D eigenvalue weighted by Crippen LogP contribution is 2.23. The van der Waals surface area contributed by atoms with Crippen LogP contribution in [-0.2, 0) is 0 Å². The second-order valence-electron chi connectivity index (χ2n) is 4.97. The van der Waals surface area contributed by atoms with Crippen molar-refractivity contribution in [2.45, 2.75) is 13.8 Å². The number of carbonyl (C=O) groups is 1. The number of nitrogens with one attached hydrogen (secondary N) is 2. The van der Waals surface area contributed by atoms with Crippen LogP contribution in [0.5, 0.6) is 0 Å². The summed E-state index contributed by atoms with van der Waals surface area (Å²) < 4.78 is 1.04. The summed E-state index contributed by atoms with van der Waals surface area (Å²) in [6.45, 7) is 3.66. The Labute approximate surface area is 130 Å². The van der Waals surface area contributed by atoms with Crippen molar-refractivity contribution in [1.29, 1.82) is 0 Å². The van der Waals surface area contributed by atoms with Crippen molar-refractivity contribution in [3.63, 3.8) is 0 Å². The first-order valence-corrected chi connectivity index (χ1v) is 7.36. The molecule has 0 spiro atoms. The number of rotatable bonds is 2. The zero-order chi connectivity index (χ0) is 15.0. The number of amides is 1. The van der Waals surface area contributed by atoms with Gasteiger partial charge in [-0.2, -0.15) is 5.10 Å². The van der Waals surface area contributed by atoms with Crippen molar-refractivity contribution in [2.24, 2.45) is 0 Å². The molecule has 1 amide bonds. The molecular weight excluding hydrogens is 330 g/mol. The van der Waals surface area contributed by atoms with Gasteiger partial charge in [-0.15, -0.1) is 0 Å².